The van der Waals surface area contributed by atoms with E-state index in [2.05, 4.69) is 42.6 Å². The zero-order valence-corrected chi connectivity index (χ0v) is 21.4. The van der Waals surface area contributed by atoms with Crippen molar-refractivity contribution in [2.75, 3.05) is 35.2 Å². The van der Waals surface area contributed by atoms with E-state index in [4.69, 9.17) is 9.84 Å². The van der Waals surface area contributed by atoms with Crippen molar-refractivity contribution >= 4 is 29.2 Å². The third kappa shape index (κ3) is 6.98. The number of rotatable bonds is 9. The first-order valence-corrected chi connectivity index (χ1v) is 13.0. The number of pyridine rings is 1. The number of nitrogens with zero attached hydrogens (tertiary/aromatic N) is 4. The van der Waals surface area contributed by atoms with Crippen molar-refractivity contribution < 1.29 is 19.4 Å². The summed E-state index contributed by atoms with van der Waals surface area (Å²) in [4.78, 5) is 39.0. The Hall–Kier alpha value is -4.73. The molecule has 0 unspecified atom stereocenters. The van der Waals surface area contributed by atoms with Crippen molar-refractivity contribution in [3.05, 3.63) is 90.2 Å². The van der Waals surface area contributed by atoms with Gasteiger partial charge in [-0.15, -0.1) is 0 Å². The number of carboxylic acid groups (broad SMARTS) is 1. The number of piperidine rings is 1. The van der Waals surface area contributed by atoms with Gasteiger partial charge in [-0.2, -0.15) is 0 Å². The van der Waals surface area contributed by atoms with Crippen LogP contribution in [0, 0.1) is 5.92 Å². The fraction of sp³-hybridized carbons (Fsp3) is 0.276. The first-order valence-electron chi connectivity index (χ1n) is 13.0. The van der Waals surface area contributed by atoms with Gasteiger partial charge in [0.05, 0.1) is 24.1 Å². The van der Waals surface area contributed by atoms with Gasteiger partial charge in [-0.3, -0.25) is 4.79 Å². The van der Waals surface area contributed by atoms with E-state index in [9.17, 15) is 9.59 Å². The molecule has 3 N–H and O–H groups in total. The summed E-state index contributed by atoms with van der Waals surface area (Å²) in [5.41, 5.74) is 2.02. The number of hydrogen-bond acceptors (Lipinski definition) is 8. The molecule has 3 heterocycles. The number of benzene rings is 1. The minimum absolute atomic E-state index is 0.219. The normalized spacial score (nSPS) is 15.4. The maximum absolute atomic E-state index is 12.8. The molecule has 39 heavy (non-hydrogen) atoms. The number of ether oxygens (including phenoxy) is 1. The molecule has 0 spiro atoms. The molecule has 10 heteroatoms. The summed E-state index contributed by atoms with van der Waals surface area (Å²) in [5, 5.41) is 15.2. The van der Waals surface area contributed by atoms with Gasteiger partial charge in [0.2, 0.25) is 0 Å². The fourth-order valence-electron chi connectivity index (χ4n) is 4.51. The number of hydrogen-bond donors (Lipinski definition) is 3. The first-order chi connectivity index (χ1) is 19.0. The standard InChI is InChI=1S/C29H30N6O4/c36-28(25-16-26(32-19-31-25)33-22-6-2-1-3-7-22)34-23-9-10-27(30-17-23)35-13-11-20(12-14-35)18-39-24-8-4-5-21(15-24)29(37)38/h2,4-10,15-17,19-20H,1,3,11-14,18H2,(H,34,36)(H,37,38)(H,31,32,33). The van der Waals surface area contributed by atoms with E-state index in [-0.39, 0.29) is 17.2 Å². The van der Waals surface area contributed by atoms with Crippen molar-refractivity contribution in [1.82, 2.24) is 15.0 Å². The van der Waals surface area contributed by atoms with Crippen LogP contribution in [0.15, 0.2) is 78.9 Å². The van der Waals surface area contributed by atoms with Crippen LogP contribution in [0.1, 0.15) is 46.5 Å². The first kappa shape index (κ1) is 25.9. The number of carbonyl (C=O) groups excluding carboxylic acids is 1. The molecule has 0 atom stereocenters. The summed E-state index contributed by atoms with van der Waals surface area (Å²) >= 11 is 0. The largest absolute Gasteiger partial charge is 0.493 e. The smallest absolute Gasteiger partial charge is 0.335 e. The molecule has 2 aromatic heterocycles. The van der Waals surface area contributed by atoms with Crippen LogP contribution in [0.3, 0.4) is 0 Å². The van der Waals surface area contributed by atoms with Gasteiger partial charge in [-0.1, -0.05) is 18.2 Å². The number of aromatic carboxylic acids is 1. The maximum atomic E-state index is 12.8. The Labute approximate surface area is 226 Å². The highest BCUT2D eigenvalue weighted by molar-refractivity contribution is 6.03. The second-order valence-electron chi connectivity index (χ2n) is 9.49. The third-order valence-electron chi connectivity index (χ3n) is 6.68. The van der Waals surface area contributed by atoms with Crippen LogP contribution in [0.4, 0.5) is 17.3 Å². The minimum atomic E-state index is -0.965. The number of amides is 1. The SMILES string of the molecule is O=C(O)c1cccc(OCC2CCN(c3ccc(NC(=O)c4cc(NC5=CCCC=C5)ncn4)cn3)CC2)c1. The molecule has 3 aromatic rings. The molecule has 1 aliphatic heterocycles. The number of anilines is 3. The molecular weight excluding hydrogens is 496 g/mol. The van der Waals surface area contributed by atoms with Gasteiger partial charge >= 0.3 is 5.97 Å². The summed E-state index contributed by atoms with van der Waals surface area (Å²) in [6.07, 6.45) is 13.1. The zero-order chi connectivity index (χ0) is 27.0. The molecule has 1 fully saturated rings. The van der Waals surface area contributed by atoms with Gasteiger partial charge in [-0.25, -0.2) is 19.7 Å². The highest BCUT2D eigenvalue weighted by atomic mass is 16.5. The quantitative estimate of drug-likeness (QED) is 0.361. The van der Waals surface area contributed by atoms with E-state index in [0.29, 0.717) is 29.8 Å². The lowest BCUT2D eigenvalue weighted by Crippen LogP contribution is -2.36. The van der Waals surface area contributed by atoms with E-state index in [1.54, 1.807) is 36.5 Å². The van der Waals surface area contributed by atoms with Crippen LogP contribution in [0.2, 0.25) is 0 Å². The van der Waals surface area contributed by atoms with Crippen LogP contribution >= 0.6 is 0 Å². The Kier molecular flexibility index (Phi) is 8.11. The molecule has 2 aliphatic rings. The zero-order valence-electron chi connectivity index (χ0n) is 21.4. The number of carbonyl (C=O) groups is 2. The van der Waals surface area contributed by atoms with Gasteiger partial charge in [0.15, 0.2) is 0 Å². The van der Waals surface area contributed by atoms with E-state index in [1.165, 1.54) is 6.33 Å². The second-order valence-corrected chi connectivity index (χ2v) is 9.49. The molecule has 0 radical (unpaired) electrons. The monoisotopic (exact) mass is 526 g/mol. The van der Waals surface area contributed by atoms with Crippen molar-refractivity contribution in [2.24, 2.45) is 5.92 Å². The molecule has 1 aliphatic carbocycles. The maximum Gasteiger partial charge on any atom is 0.335 e. The number of allylic oxidation sites excluding steroid dienone is 3. The molecular formula is C29H30N6O4. The second kappa shape index (κ2) is 12.2. The Morgan fingerprint density at radius 1 is 1.05 bits per heavy atom. The molecule has 0 bridgehead atoms. The van der Waals surface area contributed by atoms with Crippen molar-refractivity contribution in [2.45, 2.75) is 25.7 Å². The average Bonchev–Trinajstić information content (AvgIpc) is 2.97. The number of carboxylic acids is 1. The van der Waals surface area contributed by atoms with Gasteiger partial charge in [-0.05, 0) is 68.0 Å². The van der Waals surface area contributed by atoms with E-state index in [1.807, 2.05) is 18.2 Å². The van der Waals surface area contributed by atoms with Crippen LogP contribution in [-0.2, 0) is 0 Å². The third-order valence-corrected chi connectivity index (χ3v) is 6.68. The van der Waals surface area contributed by atoms with Gasteiger partial charge in [0, 0.05) is 24.9 Å². The molecule has 10 nitrogen and oxygen atoms in total. The summed E-state index contributed by atoms with van der Waals surface area (Å²) in [6.45, 7) is 2.22. The highest BCUT2D eigenvalue weighted by Gasteiger charge is 2.21. The van der Waals surface area contributed by atoms with Gasteiger partial charge in [0.25, 0.3) is 5.91 Å². The van der Waals surface area contributed by atoms with Crippen LogP contribution in [0.25, 0.3) is 0 Å². The molecule has 200 valence electrons. The summed E-state index contributed by atoms with van der Waals surface area (Å²) in [6, 6.07) is 11.9. The summed E-state index contributed by atoms with van der Waals surface area (Å²) in [7, 11) is 0. The Balaban J connectivity index is 1.10. The summed E-state index contributed by atoms with van der Waals surface area (Å²) in [5.74, 6) is 1.06. The van der Waals surface area contributed by atoms with E-state index < -0.39 is 5.97 Å². The predicted octanol–water partition coefficient (Wildman–Crippen LogP) is 4.76. The Morgan fingerprint density at radius 3 is 2.67 bits per heavy atom. The van der Waals surface area contributed by atoms with Gasteiger partial charge < -0.3 is 25.4 Å². The number of aromatic nitrogens is 3. The van der Waals surface area contributed by atoms with Crippen LogP contribution < -0.4 is 20.3 Å². The summed E-state index contributed by atoms with van der Waals surface area (Å²) < 4.78 is 5.86. The molecule has 1 aromatic carbocycles. The fourth-order valence-corrected chi connectivity index (χ4v) is 4.51. The average molecular weight is 527 g/mol. The van der Waals surface area contributed by atoms with Crippen LogP contribution in [-0.4, -0.2) is 51.6 Å². The molecule has 0 saturated carbocycles. The van der Waals surface area contributed by atoms with E-state index in [0.717, 1.165) is 50.3 Å². The Bertz CT molecular complexity index is 1380. The predicted molar refractivity (Wildman–Crippen MR) is 148 cm³/mol. The lowest BCUT2D eigenvalue weighted by atomic mass is 9.98. The molecule has 1 amide bonds. The van der Waals surface area contributed by atoms with Crippen LogP contribution in [0.5, 0.6) is 5.75 Å². The van der Waals surface area contributed by atoms with Crippen molar-refractivity contribution in [3.8, 4) is 5.75 Å². The Morgan fingerprint density at radius 2 is 1.92 bits per heavy atom. The van der Waals surface area contributed by atoms with Gasteiger partial charge in [0.1, 0.15) is 29.4 Å². The molecule has 5 rings (SSSR count). The molecule has 1 saturated heterocycles. The lowest BCUT2D eigenvalue weighted by molar-refractivity contribution is 0.0696. The lowest BCUT2D eigenvalue weighted by Gasteiger charge is -2.32. The van der Waals surface area contributed by atoms with E-state index >= 15 is 0 Å². The van der Waals surface area contributed by atoms with Crippen molar-refractivity contribution in [3.63, 3.8) is 0 Å². The number of nitrogens with one attached hydrogen (secondary N) is 2. The topological polar surface area (TPSA) is 130 Å². The minimum Gasteiger partial charge on any atom is -0.493 e. The highest BCUT2D eigenvalue weighted by Crippen LogP contribution is 2.24. The van der Waals surface area contributed by atoms with Crippen molar-refractivity contribution in [1.29, 1.82) is 0 Å².